The van der Waals surface area contributed by atoms with Gasteiger partial charge in [-0.2, -0.15) is 0 Å². The van der Waals surface area contributed by atoms with Crippen LogP contribution in [0.1, 0.15) is 5.69 Å². The van der Waals surface area contributed by atoms with Gasteiger partial charge in [0, 0.05) is 36.4 Å². The van der Waals surface area contributed by atoms with Crippen molar-refractivity contribution >= 4 is 45.9 Å². The van der Waals surface area contributed by atoms with Crippen LogP contribution in [0.5, 0.6) is 5.75 Å². The summed E-state index contributed by atoms with van der Waals surface area (Å²) in [7, 11) is 1.76. The van der Waals surface area contributed by atoms with Crippen LogP contribution in [0, 0.1) is 0 Å². The summed E-state index contributed by atoms with van der Waals surface area (Å²) in [5.74, 6) is 1.62. The minimum Gasteiger partial charge on any atom is -0.492 e. The fraction of sp³-hybridized carbons (Fsp3) is 0.294. The Kier molecular flexibility index (Phi) is 10.4. The first-order valence-corrected chi connectivity index (χ1v) is 8.30. The SMILES string of the molecule is CN=C(NCCOc1ccc(Br)cc1)NCCc1ccccn1.I. The summed E-state index contributed by atoms with van der Waals surface area (Å²) in [6.45, 7) is 2.03. The highest BCUT2D eigenvalue weighted by molar-refractivity contribution is 14.0. The van der Waals surface area contributed by atoms with Crippen molar-refractivity contribution in [2.45, 2.75) is 6.42 Å². The van der Waals surface area contributed by atoms with Crippen molar-refractivity contribution in [3.8, 4) is 5.75 Å². The third-order valence-corrected chi connectivity index (χ3v) is 3.63. The highest BCUT2D eigenvalue weighted by atomic mass is 127. The van der Waals surface area contributed by atoms with Gasteiger partial charge in [0.2, 0.25) is 0 Å². The molecule has 0 saturated heterocycles. The predicted molar refractivity (Wildman–Crippen MR) is 112 cm³/mol. The second-order valence-corrected chi connectivity index (χ2v) is 5.71. The molecule has 0 bridgehead atoms. The van der Waals surface area contributed by atoms with Crippen molar-refractivity contribution in [1.82, 2.24) is 15.6 Å². The number of ether oxygens (including phenoxy) is 1. The Morgan fingerprint density at radius 1 is 1.12 bits per heavy atom. The van der Waals surface area contributed by atoms with Crippen LogP contribution in [0.15, 0.2) is 58.1 Å². The van der Waals surface area contributed by atoms with Crippen molar-refractivity contribution in [3.63, 3.8) is 0 Å². The maximum atomic E-state index is 5.65. The van der Waals surface area contributed by atoms with Crippen LogP contribution in [-0.4, -0.2) is 37.7 Å². The van der Waals surface area contributed by atoms with Crippen LogP contribution in [0.3, 0.4) is 0 Å². The standard InChI is InChI=1S/C17H21BrN4O.HI/c1-19-17(21-11-9-15-4-2-3-10-20-15)22-12-13-23-16-7-5-14(18)6-8-16;/h2-8,10H,9,11-13H2,1H3,(H2,19,21,22);1H. The van der Waals surface area contributed by atoms with E-state index in [0.29, 0.717) is 13.2 Å². The molecule has 5 nitrogen and oxygen atoms in total. The van der Waals surface area contributed by atoms with Crippen molar-refractivity contribution in [2.75, 3.05) is 26.7 Å². The monoisotopic (exact) mass is 504 g/mol. The maximum absolute atomic E-state index is 5.65. The lowest BCUT2D eigenvalue weighted by Gasteiger charge is -2.12. The zero-order chi connectivity index (χ0) is 16.3. The van der Waals surface area contributed by atoms with E-state index >= 15 is 0 Å². The highest BCUT2D eigenvalue weighted by Crippen LogP contribution is 2.15. The van der Waals surface area contributed by atoms with E-state index in [4.69, 9.17) is 4.74 Å². The molecule has 0 aliphatic rings. The van der Waals surface area contributed by atoms with E-state index in [1.807, 2.05) is 48.7 Å². The minimum atomic E-state index is 0. The van der Waals surface area contributed by atoms with Crippen LogP contribution < -0.4 is 15.4 Å². The Balaban J connectivity index is 0.00000288. The number of pyridine rings is 1. The van der Waals surface area contributed by atoms with Gasteiger partial charge in [-0.25, -0.2) is 0 Å². The molecule has 0 fully saturated rings. The van der Waals surface area contributed by atoms with Gasteiger partial charge in [-0.1, -0.05) is 22.0 Å². The Morgan fingerprint density at radius 3 is 2.54 bits per heavy atom. The first kappa shape index (κ1) is 20.7. The normalized spacial score (nSPS) is 10.7. The average Bonchev–Trinajstić information content (AvgIpc) is 2.59. The second kappa shape index (κ2) is 12.1. The lowest BCUT2D eigenvalue weighted by atomic mass is 10.3. The highest BCUT2D eigenvalue weighted by Gasteiger charge is 1.99. The average molecular weight is 505 g/mol. The lowest BCUT2D eigenvalue weighted by molar-refractivity contribution is 0.322. The molecule has 7 heteroatoms. The van der Waals surface area contributed by atoms with Crippen molar-refractivity contribution in [1.29, 1.82) is 0 Å². The first-order chi connectivity index (χ1) is 11.3. The van der Waals surface area contributed by atoms with Crippen molar-refractivity contribution in [3.05, 3.63) is 58.8 Å². The molecule has 2 aromatic rings. The fourth-order valence-electron chi connectivity index (χ4n) is 1.94. The van der Waals surface area contributed by atoms with Gasteiger partial charge in [-0.15, -0.1) is 24.0 Å². The molecule has 0 aliphatic heterocycles. The van der Waals surface area contributed by atoms with Crippen LogP contribution in [0.2, 0.25) is 0 Å². The molecular formula is C17H22BrIN4O. The second-order valence-electron chi connectivity index (χ2n) is 4.80. The first-order valence-electron chi connectivity index (χ1n) is 7.51. The Morgan fingerprint density at radius 2 is 1.88 bits per heavy atom. The molecule has 0 amide bonds. The van der Waals surface area contributed by atoms with Crippen LogP contribution >= 0.6 is 39.9 Å². The molecule has 0 saturated carbocycles. The fourth-order valence-corrected chi connectivity index (χ4v) is 2.21. The van der Waals surface area contributed by atoms with E-state index < -0.39 is 0 Å². The van der Waals surface area contributed by atoms with Gasteiger partial charge in [0.15, 0.2) is 5.96 Å². The molecule has 0 unspecified atom stereocenters. The van der Waals surface area contributed by atoms with E-state index in [9.17, 15) is 0 Å². The summed E-state index contributed by atoms with van der Waals surface area (Å²) >= 11 is 3.40. The summed E-state index contributed by atoms with van der Waals surface area (Å²) in [6.07, 6.45) is 2.67. The molecule has 0 spiro atoms. The van der Waals surface area contributed by atoms with Crippen LogP contribution in [0.25, 0.3) is 0 Å². The van der Waals surface area contributed by atoms with Crippen LogP contribution in [0.4, 0.5) is 0 Å². The molecule has 0 aliphatic carbocycles. The summed E-state index contributed by atoms with van der Waals surface area (Å²) in [6, 6.07) is 13.7. The molecule has 2 rings (SSSR count). The number of nitrogens with zero attached hydrogens (tertiary/aromatic N) is 2. The zero-order valence-corrected chi connectivity index (χ0v) is 17.5. The number of aliphatic imine (C=N–C) groups is 1. The van der Waals surface area contributed by atoms with Gasteiger partial charge in [0.1, 0.15) is 12.4 Å². The minimum absolute atomic E-state index is 0. The maximum Gasteiger partial charge on any atom is 0.191 e. The van der Waals surface area contributed by atoms with Gasteiger partial charge < -0.3 is 15.4 Å². The third-order valence-electron chi connectivity index (χ3n) is 3.10. The van der Waals surface area contributed by atoms with Gasteiger partial charge in [-0.3, -0.25) is 9.98 Å². The van der Waals surface area contributed by atoms with E-state index in [2.05, 4.69) is 36.5 Å². The number of rotatable bonds is 7. The lowest BCUT2D eigenvalue weighted by Crippen LogP contribution is -2.40. The number of nitrogens with one attached hydrogen (secondary N) is 2. The zero-order valence-electron chi connectivity index (χ0n) is 13.5. The predicted octanol–water partition coefficient (Wildman–Crippen LogP) is 3.25. The van der Waals surface area contributed by atoms with Gasteiger partial charge in [-0.05, 0) is 36.4 Å². The number of guanidine groups is 1. The van der Waals surface area contributed by atoms with Crippen molar-refractivity contribution < 1.29 is 4.74 Å². The number of aromatic nitrogens is 1. The molecule has 0 atom stereocenters. The summed E-state index contributed by atoms with van der Waals surface area (Å²) in [4.78, 5) is 8.48. The number of hydrogen-bond acceptors (Lipinski definition) is 3. The third kappa shape index (κ3) is 7.96. The van der Waals surface area contributed by atoms with E-state index in [-0.39, 0.29) is 24.0 Å². The molecule has 1 aromatic carbocycles. The molecule has 24 heavy (non-hydrogen) atoms. The Labute approximate surface area is 168 Å². The molecule has 130 valence electrons. The van der Waals surface area contributed by atoms with Crippen molar-refractivity contribution in [2.24, 2.45) is 4.99 Å². The van der Waals surface area contributed by atoms with Crippen LogP contribution in [-0.2, 0) is 6.42 Å². The number of halogens is 2. The molecular weight excluding hydrogens is 483 g/mol. The van der Waals surface area contributed by atoms with E-state index in [1.165, 1.54) is 0 Å². The summed E-state index contributed by atoms with van der Waals surface area (Å²) in [5, 5.41) is 6.48. The van der Waals surface area contributed by atoms with Gasteiger partial charge >= 0.3 is 0 Å². The number of benzene rings is 1. The Hall–Kier alpha value is -1.35. The molecule has 0 radical (unpaired) electrons. The topological polar surface area (TPSA) is 58.5 Å². The van der Waals surface area contributed by atoms with E-state index in [0.717, 1.165) is 34.8 Å². The van der Waals surface area contributed by atoms with E-state index in [1.54, 1.807) is 7.05 Å². The molecule has 1 aromatic heterocycles. The smallest absolute Gasteiger partial charge is 0.191 e. The molecule has 1 heterocycles. The largest absolute Gasteiger partial charge is 0.492 e. The summed E-state index contributed by atoms with van der Waals surface area (Å²) in [5.41, 5.74) is 1.06. The molecule has 2 N–H and O–H groups in total. The van der Waals surface area contributed by atoms with Gasteiger partial charge in [0.05, 0.1) is 6.54 Å². The Bertz CT molecular complexity index is 608. The summed E-state index contributed by atoms with van der Waals surface area (Å²) < 4.78 is 6.70. The quantitative estimate of drug-likeness (QED) is 0.263. The van der Waals surface area contributed by atoms with Gasteiger partial charge in [0.25, 0.3) is 0 Å². The number of hydrogen-bond donors (Lipinski definition) is 2.